The lowest BCUT2D eigenvalue weighted by molar-refractivity contribution is -0.137. The summed E-state index contributed by atoms with van der Waals surface area (Å²) in [4.78, 5) is 27.5. The number of sulfonamides is 1. The van der Waals surface area contributed by atoms with Gasteiger partial charge in [-0.1, -0.05) is 17.7 Å². The number of hydrogen-bond acceptors (Lipinski definition) is 6. The van der Waals surface area contributed by atoms with Crippen molar-refractivity contribution in [1.29, 1.82) is 0 Å². The number of fused-ring (bicyclic) bond motifs is 1. The van der Waals surface area contributed by atoms with Crippen LogP contribution in [0, 0.1) is 0 Å². The van der Waals surface area contributed by atoms with Gasteiger partial charge in [-0.05, 0) is 36.4 Å². The second-order valence-corrected chi connectivity index (χ2v) is 9.96. The van der Waals surface area contributed by atoms with Gasteiger partial charge in [-0.15, -0.1) is 11.8 Å². The Labute approximate surface area is 183 Å². The van der Waals surface area contributed by atoms with Gasteiger partial charge in [0.05, 0.1) is 29.5 Å². The van der Waals surface area contributed by atoms with Crippen molar-refractivity contribution >= 4 is 56.6 Å². The van der Waals surface area contributed by atoms with E-state index in [9.17, 15) is 18.0 Å². The maximum absolute atomic E-state index is 12.7. The van der Waals surface area contributed by atoms with Crippen molar-refractivity contribution in [3.05, 3.63) is 47.5 Å². The topological polar surface area (TPSA) is 105 Å². The van der Waals surface area contributed by atoms with Crippen LogP contribution in [0.25, 0.3) is 0 Å². The summed E-state index contributed by atoms with van der Waals surface area (Å²) < 4.78 is 33.1. The van der Waals surface area contributed by atoms with E-state index in [-0.39, 0.29) is 10.8 Å². The zero-order chi connectivity index (χ0) is 21.3. The van der Waals surface area contributed by atoms with Gasteiger partial charge in [0.15, 0.2) is 5.25 Å². The molecule has 2 aromatic carbocycles. The van der Waals surface area contributed by atoms with Crippen LogP contribution in [-0.4, -0.2) is 56.7 Å². The molecule has 2 N–H and O–H groups in total. The Morgan fingerprint density at radius 1 is 1.20 bits per heavy atom. The predicted octanol–water partition coefficient (Wildman–Crippen LogP) is 2.41. The molecular formula is C19H18ClN3O5S2. The Morgan fingerprint density at radius 2 is 1.97 bits per heavy atom. The molecule has 8 nitrogen and oxygen atoms in total. The molecule has 0 spiro atoms. The normalized spacial score (nSPS) is 19.0. The van der Waals surface area contributed by atoms with Crippen molar-refractivity contribution in [2.45, 2.75) is 15.0 Å². The number of hydrogen-bond donors (Lipinski definition) is 2. The number of carbonyl (C=O) groups excluding carboxylic acids is 2. The van der Waals surface area contributed by atoms with Crippen molar-refractivity contribution in [2.75, 3.05) is 36.3 Å². The molecule has 2 aliphatic rings. The number of anilines is 2. The molecule has 0 bridgehead atoms. The van der Waals surface area contributed by atoms with Crippen LogP contribution in [0.2, 0.25) is 5.02 Å². The molecule has 2 heterocycles. The first kappa shape index (κ1) is 21.0. The molecule has 1 fully saturated rings. The number of benzene rings is 2. The SMILES string of the molecule is O=C1Nc2cc(S(=O)(=O)Nc3cccc(Cl)c3)ccc2S[C@H]1C(=O)N1CCOCC1. The average molecular weight is 468 g/mol. The molecule has 4 rings (SSSR count). The summed E-state index contributed by atoms with van der Waals surface area (Å²) in [6.07, 6.45) is 0. The molecule has 2 aromatic rings. The smallest absolute Gasteiger partial charge is 0.261 e. The van der Waals surface area contributed by atoms with Gasteiger partial charge in [-0.3, -0.25) is 14.3 Å². The van der Waals surface area contributed by atoms with E-state index in [4.69, 9.17) is 16.3 Å². The molecule has 0 aliphatic carbocycles. The van der Waals surface area contributed by atoms with Gasteiger partial charge < -0.3 is 15.0 Å². The number of morpholine rings is 1. The number of nitrogens with zero attached hydrogens (tertiary/aromatic N) is 1. The van der Waals surface area contributed by atoms with E-state index in [1.165, 1.54) is 18.2 Å². The summed E-state index contributed by atoms with van der Waals surface area (Å²) in [5.74, 6) is -0.743. The molecule has 11 heteroatoms. The van der Waals surface area contributed by atoms with E-state index in [1.54, 1.807) is 29.2 Å². The van der Waals surface area contributed by atoms with Crippen LogP contribution < -0.4 is 10.0 Å². The fraction of sp³-hybridized carbons (Fsp3) is 0.263. The Kier molecular flexibility index (Phi) is 5.92. The van der Waals surface area contributed by atoms with Gasteiger partial charge in [-0.2, -0.15) is 0 Å². The van der Waals surface area contributed by atoms with Crippen molar-refractivity contribution in [3.8, 4) is 0 Å². The minimum absolute atomic E-state index is 0.0138. The zero-order valence-corrected chi connectivity index (χ0v) is 18.0. The molecule has 2 aliphatic heterocycles. The maximum atomic E-state index is 12.7. The number of amides is 2. The predicted molar refractivity (Wildman–Crippen MR) is 114 cm³/mol. The number of nitrogens with one attached hydrogen (secondary N) is 2. The summed E-state index contributed by atoms with van der Waals surface area (Å²) in [6, 6.07) is 10.8. The molecule has 0 unspecified atom stereocenters. The molecule has 0 saturated carbocycles. The molecule has 2 amide bonds. The van der Waals surface area contributed by atoms with Gasteiger partial charge in [0.25, 0.3) is 10.0 Å². The first-order chi connectivity index (χ1) is 14.3. The molecule has 0 aromatic heterocycles. The van der Waals surface area contributed by atoms with Crippen molar-refractivity contribution < 1.29 is 22.7 Å². The summed E-state index contributed by atoms with van der Waals surface area (Å²) in [6.45, 7) is 1.79. The van der Waals surface area contributed by atoms with Crippen LogP contribution in [0.4, 0.5) is 11.4 Å². The van der Waals surface area contributed by atoms with Crippen LogP contribution in [0.5, 0.6) is 0 Å². The Balaban J connectivity index is 1.54. The van der Waals surface area contributed by atoms with E-state index in [2.05, 4.69) is 10.0 Å². The van der Waals surface area contributed by atoms with Gasteiger partial charge in [0.2, 0.25) is 11.8 Å². The first-order valence-electron chi connectivity index (χ1n) is 9.10. The van der Waals surface area contributed by atoms with Crippen LogP contribution in [-0.2, 0) is 24.3 Å². The van der Waals surface area contributed by atoms with Crippen LogP contribution >= 0.6 is 23.4 Å². The quantitative estimate of drug-likeness (QED) is 0.669. The third-order valence-corrected chi connectivity index (χ3v) is 7.50. The minimum Gasteiger partial charge on any atom is -0.378 e. The van der Waals surface area contributed by atoms with Crippen LogP contribution in [0.15, 0.2) is 52.3 Å². The third kappa shape index (κ3) is 4.41. The lowest BCUT2D eigenvalue weighted by Crippen LogP contribution is -2.49. The lowest BCUT2D eigenvalue weighted by Gasteiger charge is -2.31. The number of ether oxygens (including phenoxy) is 1. The highest BCUT2D eigenvalue weighted by molar-refractivity contribution is 8.01. The number of thioether (sulfide) groups is 1. The summed E-state index contributed by atoms with van der Waals surface area (Å²) in [5.41, 5.74) is 0.680. The second kappa shape index (κ2) is 8.46. The van der Waals surface area contributed by atoms with E-state index >= 15 is 0 Å². The maximum Gasteiger partial charge on any atom is 0.261 e. The summed E-state index contributed by atoms with van der Waals surface area (Å²) >= 11 is 7.02. The van der Waals surface area contributed by atoms with E-state index in [1.807, 2.05) is 0 Å². The second-order valence-electron chi connectivity index (χ2n) is 6.70. The monoisotopic (exact) mass is 467 g/mol. The molecule has 158 valence electrons. The van der Waals surface area contributed by atoms with Crippen LogP contribution in [0.3, 0.4) is 0 Å². The highest BCUT2D eigenvalue weighted by atomic mass is 35.5. The van der Waals surface area contributed by atoms with Crippen molar-refractivity contribution in [1.82, 2.24) is 4.90 Å². The molecule has 0 radical (unpaired) electrons. The van der Waals surface area contributed by atoms with Gasteiger partial charge in [0, 0.05) is 23.0 Å². The van der Waals surface area contributed by atoms with Crippen molar-refractivity contribution in [3.63, 3.8) is 0 Å². The first-order valence-corrected chi connectivity index (χ1v) is 11.8. The highest BCUT2D eigenvalue weighted by Crippen LogP contribution is 2.38. The third-order valence-electron chi connectivity index (χ3n) is 4.63. The standard InChI is InChI=1S/C19H18ClN3O5S2/c20-12-2-1-3-13(10-12)22-30(26,27)14-4-5-16-15(11-14)21-18(24)17(29-16)19(25)23-6-8-28-9-7-23/h1-5,10-11,17,22H,6-9H2,(H,21,24)/t17-/m1/s1. The summed E-state index contributed by atoms with van der Waals surface area (Å²) in [7, 11) is -3.89. The van der Waals surface area contributed by atoms with Crippen molar-refractivity contribution in [2.24, 2.45) is 0 Å². The Morgan fingerprint density at radius 3 is 2.70 bits per heavy atom. The van der Waals surface area contributed by atoms with Crippen LogP contribution in [0.1, 0.15) is 0 Å². The molecular weight excluding hydrogens is 450 g/mol. The van der Waals surface area contributed by atoms with E-state index in [0.29, 0.717) is 47.6 Å². The number of rotatable bonds is 4. The summed E-state index contributed by atoms with van der Waals surface area (Å²) in [5, 5.41) is 2.15. The number of carbonyl (C=O) groups is 2. The minimum atomic E-state index is -3.89. The lowest BCUT2D eigenvalue weighted by atomic mass is 10.2. The van der Waals surface area contributed by atoms with E-state index < -0.39 is 21.2 Å². The average Bonchev–Trinajstić information content (AvgIpc) is 2.72. The fourth-order valence-corrected chi connectivity index (χ4v) is 5.45. The number of halogens is 1. The Hall–Kier alpha value is -2.27. The zero-order valence-electron chi connectivity index (χ0n) is 15.6. The van der Waals surface area contributed by atoms with Gasteiger partial charge in [0.1, 0.15) is 0 Å². The Bertz CT molecular complexity index is 1100. The molecule has 1 atom stereocenters. The van der Waals surface area contributed by atoms with Gasteiger partial charge in [-0.25, -0.2) is 8.42 Å². The van der Waals surface area contributed by atoms with E-state index in [0.717, 1.165) is 11.8 Å². The highest BCUT2D eigenvalue weighted by Gasteiger charge is 2.36. The largest absolute Gasteiger partial charge is 0.378 e. The molecule has 30 heavy (non-hydrogen) atoms. The molecule has 1 saturated heterocycles. The fourth-order valence-electron chi connectivity index (χ4n) is 3.13. The van der Waals surface area contributed by atoms with Gasteiger partial charge >= 0.3 is 0 Å².